The molecule has 1 aliphatic heterocycles. The zero-order valence-corrected chi connectivity index (χ0v) is 12.3. The highest BCUT2D eigenvalue weighted by Crippen LogP contribution is 2.22. The molecule has 0 saturated carbocycles. The third kappa shape index (κ3) is 2.90. The maximum Gasteiger partial charge on any atom is 0.196 e. The second-order valence-corrected chi connectivity index (χ2v) is 5.68. The van der Waals surface area contributed by atoms with Gasteiger partial charge in [-0.25, -0.2) is 9.37 Å². The largest absolute Gasteiger partial charge is 0.334 e. The first-order chi connectivity index (χ1) is 9.61. The van der Waals surface area contributed by atoms with Crippen LogP contribution in [0.25, 0.3) is 0 Å². The Bertz CT molecular complexity index is 701. The predicted molar refractivity (Wildman–Crippen MR) is 78.6 cm³/mol. The van der Waals surface area contributed by atoms with Crippen molar-refractivity contribution in [2.75, 3.05) is 6.54 Å². The Hall–Kier alpha value is -1.30. The summed E-state index contributed by atoms with van der Waals surface area (Å²) in [6.07, 6.45) is 2.73. The fourth-order valence-corrected chi connectivity index (χ4v) is 2.83. The van der Waals surface area contributed by atoms with E-state index in [-0.39, 0.29) is 5.82 Å². The number of hydrogen-bond acceptors (Lipinski definition) is 3. The van der Waals surface area contributed by atoms with Crippen molar-refractivity contribution >= 4 is 23.8 Å². The van der Waals surface area contributed by atoms with Gasteiger partial charge in [-0.05, 0) is 29.9 Å². The Morgan fingerprint density at radius 3 is 3.10 bits per heavy atom. The Morgan fingerprint density at radius 2 is 2.30 bits per heavy atom. The fourth-order valence-electron chi connectivity index (χ4n) is 2.43. The molecule has 0 spiro atoms. The summed E-state index contributed by atoms with van der Waals surface area (Å²) in [5, 5.41) is 0.474. The number of rotatable bonds is 2. The number of nitrogens with zero attached hydrogens (tertiary/aromatic N) is 2. The summed E-state index contributed by atoms with van der Waals surface area (Å²) in [6.45, 7) is 2.41. The number of aromatic nitrogens is 2. The molecule has 0 aliphatic carbocycles. The molecular weight excluding hydrogens is 297 g/mol. The lowest BCUT2D eigenvalue weighted by Gasteiger charge is -2.28. The summed E-state index contributed by atoms with van der Waals surface area (Å²) in [5.41, 5.74) is 3.25. The van der Waals surface area contributed by atoms with E-state index in [4.69, 9.17) is 23.8 Å². The average molecular weight is 310 g/mol. The topological polar surface area (TPSA) is 31.9 Å². The highest BCUT2D eigenvalue weighted by atomic mass is 35.5. The van der Waals surface area contributed by atoms with E-state index in [2.05, 4.69) is 14.9 Å². The van der Waals surface area contributed by atoms with Crippen LogP contribution in [0, 0.1) is 10.6 Å². The SMILES string of the molecule is Fc1ccc(CN2CCc3[nH]c(=S)ncc3C2)c(Cl)c1. The van der Waals surface area contributed by atoms with Gasteiger partial charge in [0.1, 0.15) is 5.82 Å². The number of hydrogen-bond donors (Lipinski definition) is 1. The molecule has 0 bridgehead atoms. The maximum absolute atomic E-state index is 13.0. The Labute approximate surface area is 126 Å². The van der Waals surface area contributed by atoms with Crippen LogP contribution in [-0.4, -0.2) is 21.4 Å². The van der Waals surface area contributed by atoms with Crippen LogP contribution in [0.3, 0.4) is 0 Å². The molecule has 1 aliphatic rings. The number of fused-ring (bicyclic) bond motifs is 1. The number of benzene rings is 1. The summed E-state index contributed by atoms with van der Waals surface area (Å²) >= 11 is 11.1. The van der Waals surface area contributed by atoms with Crippen LogP contribution in [-0.2, 0) is 19.5 Å². The molecule has 6 heteroatoms. The van der Waals surface area contributed by atoms with Gasteiger partial charge in [-0.3, -0.25) is 4.90 Å². The number of nitrogens with one attached hydrogen (secondary N) is 1. The van der Waals surface area contributed by atoms with E-state index in [1.165, 1.54) is 12.1 Å². The van der Waals surface area contributed by atoms with Gasteiger partial charge in [0.05, 0.1) is 0 Å². The van der Waals surface area contributed by atoms with Gasteiger partial charge in [0, 0.05) is 48.5 Å². The predicted octanol–water partition coefficient (Wildman–Crippen LogP) is 3.49. The van der Waals surface area contributed by atoms with Crippen molar-refractivity contribution in [3.63, 3.8) is 0 Å². The minimum Gasteiger partial charge on any atom is -0.334 e. The van der Waals surface area contributed by atoms with Gasteiger partial charge in [0.25, 0.3) is 0 Å². The first-order valence-corrected chi connectivity index (χ1v) is 7.14. The molecule has 1 aromatic heterocycles. The summed E-state index contributed by atoms with van der Waals surface area (Å²) in [4.78, 5) is 9.52. The van der Waals surface area contributed by atoms with Crippen LogP contribution in [0.4, 0.5) is 4.39 Å². The smallest absolute Gasteiger partial charge is 0.196 e. The van der Waals surface area contributed by atoms with Crippen molar-refractivity contribution < 1.29 is 4.39 Å². The van der Waals surface area contributed by atoms with Gasteiger partial charge in [0.2, 0.25) is 0 Å². The van der Waals surface area contributed by atoms with Crippen LogP contribution < -0.4 is 0 Å². The molecule has 2 heterocycles. The first kappa shape index (κ1) is 13.7. The van der Waals surface area contributed by atoms with Crippen molar-refractivity contribution in [1.29, 1.82) is 0 Å². The van der Waals surface area contributed by atoms with E-state index < -0.39 is 0 Å². The molecule has 2 aromatic rings. The molecule has 0 amide bonds. The van der Waals surface area contributed by atoms with E-state index in [0.717, 1.165) is 36.3 Å². The number of H-pyrrole nitrogens is 1. The third-order valence-corrected chi connectivity index (χ3v) is 4.02. The second-order valence-electron chi connectivity index (χ2n) is 4.89. The van der Waals surface area contributed by atoms with E-state index in [9.17, 15) is 4.39 Å². The van der Waals surface area contributed by atoms with E-state index >= 15 is 0 Å². The molecule has 1 N–H and O–H groups in total. The van der Waals surface area contributed by atoms with Crippen LogP contribution in [0.2, 0.25) is 5.02 Å². The molecule has 0 unspecified atom stereocenters. The molecule has 0 saturated heterocycles. The lowest BCUT2D eigenvalue weighted by molar-refractivity contribution is 0.242. The normalized spacial score (nSPS) is 15.1. The molecule has 1 aromatic carbocycles. The summed E-state index contributed by atoms with van der Waals surface area (Å²) in [6, 6.07) is 4.54. The number of aromatic amines is 1. The molecule has 0 atom stereocenters. The molecule has 20 heavy (non-hydrogen) atoms. The van der Waals surface area contributed by atoms with Crippen LogP contribution in [0.5, 0.6) is 0 Å². The monoisotopic (exact) mass is 309 g/mol. The van der Waals surface area contributed by atoms with Crippen LogP contribution in [0.1, 0.15) is 16.8 Å². The molecule has 0 radical (unpaired) electrons. The molecule has 0 fully saturated rings. The van der Waals surface area contributed by atoms with Crippen molar-refractivity contribution in [1.82, 2.24) is 14.9 Å². The Kier molecular flexibility index (Phi) is 3.83. The van der Waals surface area contributed by atoms with Gasteiger partial charge >= 0.3 is 0 Å². The quantitative estimate of drug-likeness (QED) is 0.862. The van der Waals surface area contributed by atoms with E-state index in [1.807, 2.05) is 6.20 Å². The van der Waals surface area contributed by atoms with Gasteiger partial charge < -0.3 is 4.98 Å². The molecule has 3 nitrogen and oxygen atoms in total. The molecule has 104 valence electrons. The van der Waals surface area contributed by atoms with Gasteiger partial charge in [-0.2, -0.15) is 0 Å². The highest BCUT2D eigenvalue weighted by molar-refractivity contribution is 7.71. The summed E-state index contributed by atoms with van der Waals surface area (Å²) < 4.78 is 13.6. The first-order valence-electron chi connectivity index (χ1n) is 6.35. The molecular formula is C14H13ClFN3S. The lowest BCUT2D eigenvalue weighted by Crippen LogP contribution is -2.31. The maximum atomic E-state index is 13.0. The summed E-state index contributed by atoms with van der Waals surface area (Å²) in [7, 11) is 0. The third-order valence-electron chi connectivity index (χ3n) is 3.46. The Morgan fingerprint density at radius 1 is 1.45 bits per heavy atom. The Balaban J connectivity index is 1.77. The van der Waals surface area contributed by atoms with Gasteiger partial charge in [0.15, 0.2) is 4.77 Å². The van der Waals surface area contributed by atoms with Crippen molar-refractivity contribution in [2.45, 2.75) is 19.5 Å². The van der Waals surface area contributed by atoms with Gasteiger partial charge in [-0.15, -0.1) is 0 Å². The van der Waals surface area contributed by atoms with Crippen molar-refractivity contribution in [2.24, 2.45) is 0 Å². The van der Waals surface area contributed by atoms with E-state index in [0.29, 0.717) is 16.3 Å². The zero-order valence-electron chi connectivity index (χ0n) is 10.7. The molecule has 3 rings (SSSR count). The highest BCUT2D eigenvalue weighted by Gasteiger charge is 2.18. The van der Waals surface area contributed by atoms with Crippen molar-refractivity contribution in [3.05, 3.63) is 56.8 Å². The minimum absolute atomic E-state index is 0.306. The fraction of sp³-hybridized carbons (Fsp3) is 0.286. The standard InChI is InChI=1S/C14H13ClFN3S/c15-12-5-11(16)2-1-9(12)7-19-4-3-13-10(8-19)6-17-14(20)18-13/h1-2,5-6H,3-4,7-8H2,(H,17,18,20). The zero-order chi connectivity index (χ0) is 14.1. The van der Waals surface area contributed by atoms with Crippen molar-refractivity contribution in [3.8, 4) is 0 Å². The van der Waals surface area contributed by atoms with Crippen LogP contribution in [0.15, 0.2) is 24.4 Å². The number of halogens is 2. The average Bonchev–Trinajstić information content (AvgIpc) is 2.42. The minimum atomic E-state index is -0.306. The van der Waals surface area contributed by atoms with E-state index in [1.54, 1.807) is 6.07 Å². The van der Waals surface area contributed by atoms with Gasteiger partial charge in [-0.1, -0.05) is 17.7 Å². The summed E-state index contributed by atoms with van der Waals surface area (Å²) in [5.74, 6) is -0.306. The lowest BCUT2D eigenvalue weighted by atomic mass is 10.1. The van der Waals surface area contributed by atoms with Crippen LogP contribution >= 0.6 is 23.8 Å². The second kappa shape index (κ2) is 5.60.